The molecule has 0 radical (unpaired) electrons. The summed E-state index contributed by atoms with van der Waals surface area (Å²) in [5.74, 6) is 1.18. The molecule has 1 amide bonds. The van der Waals surface area contributed by atoms with E-state index in [4.69, 9.17) is 0 Å². The first-order chi connectivity index (χ1) is 9.72. The van der Waals surface area contributed by atoms with Crippen molar-refractivity contribution < 1.29 is 4.79 Å². The number of hydrogen-bond acceptors (Lipinski definition) is 3. The van der Waals surface area contributed by atoms with Gasteiger partial charge in [0.2, 0.25) is 5.91 Å². The minimum absolute atomic E-state index is 0.113. The van der Waals surface area contributed by atoms with Crippen molar-refractivity contribution in [1.82, 2.24) is 20.6 Å². The van der Waals surface area contributed by atoms with Crippen LogP contribution in [0.5, 0.6) is 0 Å². The topological polar surface area (TPSA) is 69.8 Å². The SMILES string of the molecule is Cc1nc2ccc(CNC(=O)C3CCCNC3)cc2[nH]1. The Kier molecular flexibility index (Phi) is 3.69. The maximum absolute atomic E-state index is 12.1. The molecule has 5 nitrogen and oxygen atoms in total. The molecule has 1 atom stereocenters. The summed E-state index contributed by atoms with van der Waals surface area (Å²) in [6.45, 7) is 4.34. The first kappa shape index (κ1) is 13.1. The van der Waals surface area contributed by atoms with Crippen LogP contribution >= 0.6 is 0 Å². The maximum Gasteiger partial charge on any atom is 0.224 e. The number of hydrogen-bond donors (Lipinski definition) is 3. The molecule has 3 N–H and O–H groups in total. The van der Waals surface area contributed by atoms with Crippen molar-refractivity contribution in [2.24, 2.45) is 5.92 Å². The van der Waals surface area contributed by atoms with Crippen molar-refractivity contribution in [2.75, 3.05) is 13.1 Å². The molecule has 0 aliphatic carbocycles. The Labute approximate surface area is 118 Å². The summed E-state index contributed by atoms with van der Waals surface area (Å²) in [4.78, 5) is 19.7. The summed E-state index contributed by atoms with van der Waals surface area (Å²) in [6.07, 6.45) is 2.06. The van der Waals surface area contributed by atoms with E-state index >= 15 is 0 Å². The van der Waals surface area contributed by atoms with Crippen LogP contribution < -0.4 is 10.6 Å². The quantitative estimate of drug-likeness (QED) is 0.793. The van der Waals surface area contributed by atoms with Gasteiger partial charge < -0.3 is 15.6 Å². The molecular weight excluding hydrogens is 252 g/mol. The number of aromatic amines is 1. The van der Waals surface area contributed by atoms with Gasteiger partial charge >= 0.3 is 0 Å². The summed E-state index contributed by atoms with van der Waals surface area (Å²) in [6, 6.07) is 6.05. The van der Waals surface area contributed by atoms with Crippen LogP contribution in [-0.4, -0.2) is 29.0 Å². The number of rotatable bonds is 3. The number of piperidine rings is 1. The Morgan fingerprint density at radius 3 is 3.20 bits per heavy atom. The number of amides is 1. The second-order valence-corrected chi connectivity index (χ2v) is 5.43. The smallest absolute Gasteiger partial charge is 0.224 e. The van der Waals surface area contributed by atoms with Gasteiger partial charge in [0.25, 0.3) is 0 Å². The number of nitrogens with one attached hydrogen (secondary N) is 3. The first-order valence-electron chi connectivity index (χ1n) is 7.16. The molecular formula is C15H20N4O. The maximum atomic E-state index is 12.1. The summed E-state index contributed by atoms with van der Waals surface area (Å²) in [5, 5.41) is 6.29. The van der Waals surface area contributed by atoms with Gasteiger partial charge in [0.1, 0.15) is 5.82 Å². The lowest BCUT2D eigenvalue weighted by atomic mass is 9.99. The number of carbonyl (C=O) groups is 1. The zero-order valence-electron chi connectivity index (χ0n) is 11.7. The first-order valence-corrected chi connectivity index (χ1v) is 7.16. The average molecular weight is 272 g/mol. The number of fused-ring (bicyclic) bond motifs is 1. The molecule has 1 fully saturated rings. The number of aryl methyl sites for hydroxylation is 1. The van der Waals surface area contributed by atoms with E-state index in [2.05, 4.69) is 26.7 Å². The molecule has 1 aromatic carbocycles. The largest absolute Gasteiger partial charge is 0.352 e. The Morgan fingerprint density at radius 1 is 1.50 bits per heavy atom. The van der Waals surface area contributed by atoms with E-state index in [0.717, 1.165) is 48.4 Å². The third-order valence-corrected chi connectivity index (χ3v) is 3.80. The monoisotopic (exact) mass is 272 g/mol. The number of nitrogens with zero attached hydrogens (tertiary/aromatic N) is 1. The fourth-order valence-corrected chi connectivity index (χ4v) is 2.70. The lowest BCUT2D eigenvalue weighted by molar-refractivity contribution is -0.125. The summed E-state index contributed by atoms with van der Waals surface area (Å²) in [5.41, 5.74) is 3.08. The van der Waals surface area contributed by atoms with Crippen molar-refractivity contribution in [3.8, 4) is 0 Å². The molecule has 106 valence electrons. The Morgan fingerprint density at radius 2 is 2.40 bits per heavy atom. The van der Waals surface area contributed by atoms with Gasteiger partial charge in [-0.15, -0.1) is 0 Å². The van der Waals surface area contributed by atoms with E-state index in [0.29, 0.717) is 6.54 Å². The summed E-state index contributed by atoms with van der Waals surface area (Å²) >= 11 is 0. The van der Waals surface area contributed by atoms with Crippen molar-refractivity contribution in [3.63, 3.8) is 0 Å². The predicted molar refractivity (Wildman–Crippen MR) is 78.3 cm³/mol. The molecule has 1 unspecified atom stereocenters. The number of benzene rings is 1. The fourth-order valence-electron chi connectivity index (χ4n) is 2.70. The third-order valence-electron chi connectivity index (χ3n) is 3.80. The highest BCUT2D eigenvalue weighted by molar-refractivity contribution is 5.79. The second-order valence-electron chi connectivity index (χ2n) is 5.43. The third kappa shape index (κ3) is 2.82. The molecule has 0 bridgehead atoms. The van der Waals surface area contributed by atoms with E-state index in [1.807, 2.05) is 19.1 Å². The molecule has 0 spiro atoms. The van der Waals surface area contributed by atoms with Gasteiger partial charge in [-0.2, -0.15) is 0 Å². The zero-order chi connectivity index (χ0) is 13.9. The highest BCUT2D eigenvalue weighted by atomic mass is 16.1. The van der Waals surface area contributed by atoms with Crippen LogP contribution in [0.3, 0.4) is 0 Å². The van der Waals surface area contributed by atoms with Gasteiger partial charge in [-0.05, 0) is 44.0 Å². The van der Waals surface area contributed by atoms with Gasteiger partial charge in [0.05, 0.1) is 17.0 Å². The second kappa shape index (κ2) is 5.63. The molecule has 3 rings (SSSR count). The molecule has 1 aliphatic heterocycles. The van der Waals surface area contributed by atoms with Crippen molar-refractivity contribution in [1.29, 1.82) is 0 Å². The Bertz CT molecular complexity index is 613. The predicted octanol–water partition coefficient (Wildman–Crippen LogP) is 1.49. The molecule has 1 saturated heterocycles. The average Bonchev–Trinajstić information content (AvgIpc) is 2.85. The molecule has 0 saturated carbocycles. The fraction of sp³-hybridized carbons (Fsp3) is 0.467. The Hall–Kier alpha value is -1.88. The molecule has 1 aromatic heterocycles. The number of carbonyl (C=O) groups excluding carboxylic acids is 1. The highest BCUT2D eigenvalue weighted by Gasteiger charge is 2.20. The van der Waals surface area contributed by atoms with Gasteiger partial charge in [-0.25, -0.2) is 4.98 Å². The molecule has 20 heavy (non-hydrogen) atoms. The minimum Gasteiger partial charge on any atom is -0.352 e. The van der Waals surface area contributed by atoms with Crippen LogP contribution in [0.15, 0.2) is 18.2 Å². The van der Waals surface area contributed by atoms with Crippen LogP contribution in [0.25, 0.3) is 11.0 Å². The summed E-state index contributed by atoms with van der Waals surface area (Å²) < 4.78 is 0. The number of imidazole rings is 1. The van der Waals surface area contributed by atoms with Gasteiger partial charge in [-0.3, -0.25) is 4.79 Å². The zero-order valence-corrected chi connectivity index (χ0v) is 11.7. The summed E-state index contributed by atoms with van der Waals surface area (Å²) in [7, 11) is 0. The van der Waals surface area contributed by atoms with E-state index in [-0.39, 0.29) is 11.8 Å². The molecule has 1 aliphatic rings. The molecule has 5 heteroatoms. The van der Waals surface area contributed by atoms with E-state index in [9.17, 15) is 4.79 Å². The minimum atomic E-state index is 0.113. The molecule has 2 aromatic rings. The van der Waals surface area contributed by atoms with Crippen molar-refractivity contribution in [2.45, 2.75) is 26.3 Å². The van der Waals surface area contributed by atoms with Crippen LogP contribution in [0.2, 0.25) is 0 Å². The van der Waals surface area contributed by atoms with Crippen LogP contribution in [-0.2, 0) is 11.3 Å². The van der Waals surface area contributed by atoms with E-state index in [1.54, 1.807) is 0 Å². The lowest BCUT2D eigenvalue weighted by Gasteiger charge is -2.21. The van der Waals surface area contributed by atoms with Gasteiger partial charge in [0.15, 0.2) is 0 Å². The lowest BCUT2D eigenvalue weighted by Crippen LogP contribution is -2.40. The Balaban J connectivity index is 1.62. The van der Waals surface area contributed by atoms with Gasteiger partial charge in [0, 0.05) is 13.1 Å². The van der Waals surface area contributed by atoms with E-state index < -0.39 is 0 Å². The normalized spacial score (nSPS) is 19.1. The van der Waals surface area contributed by atoms with Crippen molar-refractivity contribution >= 4 is 16.9 Å². The number of H-pyrrole nitrogens is 1. The van der Waals surface area contributed by atoms with Crippen LogP contribution in [0, 0.1) is 12.8 Å². The van der Waals surface area contributed by atoms with Crippen LogP contribution in [0.1, 0.15) is 24.2 Å². The standard InChI is InChI=1S/C15H20N4O/c1-10-18-13-5-4-11(7-14(13)19-10)8-17-15(20)12-3-2-6-16-9-12/h4-5,7,12,16H,2-3,6,8-9H2,1H3,(H,17,20)(H,18,19). The van der Waals surface area contributed by atoms with Crippen molar-refractivity contribution in [3.05, 3.63) is 29.6 Å². The van der Waals surface area contributed by atoms with Crippen LogP contribution in [0.4, 0.5) is 0 Å². The van der Waals surface area contributed by atoms with E-state index in [1.165, 1.54) is 0 Å². The van der Waals surface area contributed by atoms with Gasteiger partial charge in [-0.1, -0.05) is 6.07 Å². The number of aromatic nitrogens is 2. The highest BCUT2D eigenvalue weighted by Crippen LogP contribution is 2.14. The molecule has 2 heterocycles.